The molecule has 0 atom stereocenters. The van der Waals surface area contributed by atoms with Crippen molar-refractivity contribution in [3.63, 3.8) is 0 Å². The molecule has 4 nitrogen and oxygen atoms in total. The van der Waals surface area contributed by atoms with Gasteiger partial charge < -0.3 is 15.0 Å². The first-order valence-corrected chi connectivity index (χ1v) is 10.1. The van der Waals surface area contributed by atoms with Gasteiger partial charge >= 0.3 is 0 Å². The van der Waals surface area contributed by atoms with Crippen LogP contribution < -0.4 is 10.2 Å². The molecule has 1 aliphatic heterocycles. The van der Waals surface area contributed by atoms with E-state index in [4.69, 9.17) is 4.74 Å². The predicted molar refractivity (Wildman–Crippen MR) is 110 cm³/mol. The van der Waals surface area contributed by atoms with Gasteiger partial charge in [0.15, 0.2) is 0 Å². The van der Waals surface area contributed by atoms with E-state index >= 15 is 0 Å². The van der Waals surface area contributed by atoms with E-state index in [1.165, 1.54) is 37.7 Å². The molecule has 1 N–H and O–H groups in total. The molecular weight excluding hydrogens is 336 g/mol. The van der Waals surface area contributed by atoms with E-state index < -0.39 is 0 Å². The van der Waals surface area contributed by atoms with Gasteiger partial charge in [0.1, 0.15) is 0 Å². The molecule has 0 aromatic heterocycles. The first kappa shape index (κ1) is 18.1. The van der Waals surface area contributed by atoms with Crippen LogP contribution in [0.5, 0.6) is 0 Å². The Bertz CT molecular complexity index is 743. The van der Waals surface area contributed by atoms with Crippen molar-refractivity contribution in [1.82, 2.24) is 0 Å². The van der Waals surface area contributed by atoms with Gasteiger partial charge in [-0.25, -0.2) is 0 Å². The Morgan fingerprint density at radius 2 is 1.56 bits per heavy atom. The molecule has 2 aromatic carbocycles. The standard InChI is InChI=1S/C23H28N2O2/c26-23(20-8-12-22(13-9-20)25-14-16-27-17-15-25)24-21-10-6-19(7-11-21)18-4-2-1-3-5-18/h6-13,18H,1-5,14-17H2,(H,24,26). The van der Waals surface area contributed by atoms with Crippen LogP contribution in [0.3, 0.4) is 0 Å². The second-order valence-corrected chi connectivity index (χ2v) is 7.56. The molecule has 0 radical (unpaired) electrons. The van der Waals surface area contributed by atoms with Crippen molar-refractivity contribution in [2.24, 2.45) is 0 Å². The molecule has 1 aliphatic carbocycles. The van der Waals surface area contributed by atoms with E-state index in [9.17, 15) is 4.79 Å². The van der Waals surface area contributed by atoms with E-state index in [0.29, 0.717) is 11.5 Å². The number of ether oxygens (including phenoxy) is 1. The summed E-state index contributed by atoms with van der Waals surface area (Å²) in [6, 6.07) is 16.2. The zero-order valence-electron chi connectivity index (χ0n) is 15.8. The first-order chi connectivity index (χ1) is 13.3. The van der Waals surface area contributed by atoms with Gasteiger partial charge in [0.2, 0.25) is 0 Å². The lowest BCUT2D eigenvalue weighted by molar-refractivity contribution is 0.102. The summed E-state index contributed by atoms with van der Waals surface area (Å²) < 4.78 is 5.39. The van der Waals surface area contributed by atoms with Crippen molar-refractivity contribution in [3.05, 3.63) is 59.7 Å². The maximum Gasteiger partial charge on any atom is 0.255 e. The molecule has 2 fully saturated rings. The molecule has 0 spiro atoms. The first-order valence-electron chi connectivity index (χ1n) is 10.1. The smallest absolute Gasteiger partial charge is 0.255 e. The normalized spacial score (nSPS) is 18.3. The number of carbonyl (C=O) groups is 1. The fourth-order valence-electron chi connectivity index (χ4n) is 4.12. The highest BCUT2D eigenvalue weighted by Gasteiger charge is 2.16. The van der Waals surface area contributed by atoms with E-state index in [0.717, 1.165) is 37.7 Å². The quantitative estimate of drug-likeness (QED) is 0.845. The third kappa shape index (κ3) is 4.51. The summed E-state index contributed by atoms with van der Waals surface area (Å²) in [7, 11) is 0. The van der Waals surface area contributed by atoms with Crippen molar-refractivity contribution < 1.29 is 9.53 Å². The number of nitrogens with one attached hydrogen (secondary N) is 1. The fourth-order valence-corrected chi connectivity index (χ4v) is 4.12. The molecule has 1 saturated heterocycles. The average Bonchev–Trinajstić information content (AvgIpc) is 2.76. The zero-order chi connectivity index (χ0) is 18.5. The molecule has 142 valence electrons. The largest absolute Gasteiger partial charge is 0.378 e. The van der Waals surface area contributed by atoms with E-state index in [1.54, 1.807) is 0 Å². The number of rotatable bonds is 4. The Kier molecular flexibility index (Phi) is 5.73. The fraction of sp³-hybridized carbons (Fsp3) is 0.435. The lowest BCUT2D eigenvalue weighted by Gasteiger charge is -2.28. The maximum atomic E-state index is 12.5. The van der Waals surface area contributed by atoms with Crippen LogP contribution in [0.4, 0.5) is 11.4 Å². The van der Waals surface area contributed by atoms with Crippen LogP contribution in [0, 0.1) is 0 Å². The predicted octanol–water partition coefficient (Wildman–Crippen LogP) is 4.82. The number of benzene rings is 2. The zero-order valence-corrected chi connectivity index (χ0v) is 15.8. The lowest BCUT2D eigenvalue weighted by atomic mass is 9.84. The van der Waals surface area contributed by atoms with E-state index in [-0.39, 0.29) is 5.91 Å². The molecule has 4 heteroatoms. The number of amides is 1. The number of carbonyl (C=O) groups excluding carboxylic acids is 1. The van der Waals surface area contributed by atoms with Gasteiger partial charge in [0, 0.05) is 30.0 Å². The van der Waals surface area contributed by atoms with Crippen LogP contribution in [-0.4, -0.2) is 32.2 Å². The minimum absolute atomic E-state index is 0.0612. The SMILES string of the molecule is O=C(Nc1ccc(C2CCCCC2)cc1)c1ccc(N2CCOCC2)cc1. The van der Waals surface area contributed by atoms with Gasteiger partial charge in [-0.2, -0.15) is 0 Å². The van der Waals surface area contributed by atoms with Crippen molar-refractivity contribution in [1.29, 1.82) is 0 Å². The Labute approximate surface area is 161 Å². The van der Waals surface area contributed by atoms with Crippen molar-refractivity contribution in [2.75, 3.05) is 36.5 Å². The summed E-state index contributed by atoms with van der Waals surface area (Å²) >= 11 is 0. The van der Waals surface area contributed by atoms with Crippen LogP contribution >= 0.6 is 0 Å². The average molecular weight is 364 g/mol. The Morgan fingerprint density at radius 3 is 2.22 bits per heavy atom. The van der Waals surface area contributed by atoms with Gasteiger partial charge in [-0.3, -0.25) is 4.79 Å². The van der Waals surface area contributed by atoms with Gasteiger partial charge in [-0.15, -0.1) is 0 Å². The molecule has 1 saturated carbocycles. The second-order valence-electron chi connectivity index (χ2n) is 7.56. The monoisotopic (exact) mass is 364 g/mol. The maximum absolute atomic E-state index is 12.5. The molecule has 4 rings (SSSR count). The third-order valence-electron chi connectivity index (χ3n) is 5.75. The van der Waals surface area contributed by atoms with Gasteiger partial charge in [0.25, 0.3) is 5.91 Å². The van der Waals surface area contributed by atoms with E-state index in [1.807, 2.05) is 36.4 Å². The highest BCUT2D eigenvalue weighted by atomic mass is 16.5. The van der Waals surface area contributed by atoms with Crippen molar-refractivity contribution >= 4 is 17.3 Å². The number of morpholine rings is 1. The molecule has 1 heterocycles. The van der Waals surface area contributed by atoms with Crippen LogP contribution in [-0.2, 0) is 4.74 Å². The second kappa shape index (κ2) is 8.57. The molecule has 2 aliphatic rings. The lowest BCUT2D eigenvalue weighted by Crippen LogP contribution is -2.36. The van der Waals surface area contributed by atoms with Gasteiger partial charge in [-0.1, -0.05) is 31.4 Å². The summed E-state index contributed by atoms with van der Waals surface area (Å²) in [5, 5.41) is 3.01. The highest BCUT2D eigenvalue weighted by molar-refractivity contribution is 6.04. The molecule has 0 bridgehead atoms. The Hall–Kier alpha value is -2.33. The Balaban J connectivity index is 1.36. The topological polar surface area (TPSA) is 41.6 Å². The number of anilines is 2. The van der Waals surface area contributed by atoms with Crippen LogP contribution in [0.25, 0.3) is 0 Å². The molecule has 2 aromatic rings. The molecular formula is C23H28N2O2. The summed E-state index contributed by atoms with van der Waals surface area (Å²) in [6.45, 7) is 3.33. The summed E-state index contributed by atoms with van der Waals surface area (Å²) in [6.07, 6.45) is 6.63. The molecule has 1 amide bonds. The minimum Gasteiger partial charge on any atom is -0.378 e. The van der Waals surface area contributed by atoms with Crippen LogP contribution in [0.1, 0.15) is 53.9 Å². The number of hydrogen-bond donors (Lipinski definition) is 1. The van der Waals surface area contributed by atoms with Crippen LogP contribution in [0.15, 0.2) is 48.5 Å². The minimum atomic E-state index is -0.0612. The Morgan fingerprint density at radius 1 is 0.889 bits per heavy atom. The highest BCUT2D eigenvalue weighted by Crippen LogP contribution is 2.33. The molecule has 0 unspecified atom stereocenters. The number of hydrogen-bond acceptors (Lipinski definition) is 3. The number of nitrogens with zero attached hydrogens (tertiary/aromatic N) is 1. The summed E-state index contributed by atoms with van der Waals surface area (Å²) in [5.74, 6) is 0.630. The van der Waals surface area contributed by atoms with Crippen molar-refractivity contribution in [2.45, 2.75) is 38.0 Å². The van der Waals surface area contributed by atoms with Gasteiger partial charge in [0.05, 0.1) is 13.2 Å². The van der Waals surface area contributed by atoms with Crippen LogP contribution in [0.2, 0.25) is 0 Å². The molecule has 27 heavy (non-hydrogen) atoms. The third-order valence-corrected chi connectivity index (χ3v) is 5.75. The summed E-state index contributed by atoms with van der Waals surface area (Å²) in [4.78, 5) is 14.8. The van der Waals surface area contributed by atoms with Gasteiger partial charge in [-0.05, 0) is 60.7 Å². The summed E-state index contributed by atoms with van der Waals surface area (Å²) in [5.41, 5.74) is 4.09. The van der Waals surface area contributed by atoms with E-state index in [2.05, 4.69) is 22.3 Å². The van der Waals surface area contributed by atoms with Crippen molar-refractivity contribution in [3.8, 4) is 0 Å².